The van der Waals surface area contributed by atoms with Gasteiger partial charge < -0.3 is 5.32 Å². The van der Waals surface area contributed by atoms with Gasteiger partial charge in [-0.25, -0.2) is 28.3 Å². The third kappa shape index (κ3) is 3.72. The number of fused-ring (bicyclic) bond motifs is 2. The van der Waals surface area contributed by atoms with Crippen LogP contribution in [-0.2, 0) is 5.41 Å². The van der Waals surface area contributed by atoms with E-state index in [1.165, 1.54) is 10.7 Å². The number of hydrogen-bond acceptors (Lipinski definition) is 5. The normalized spacial score (nSPS) is 19.6. The van der Waals surface area contributed by atoms with Gasteiger partial charge in [-0.15, -0.1) is 5.10 Å². The van der Waals surface area contributed by atoms with E-state index in [0.717, 1.165) is 6.92 Å². The third-order valence-electron chi connectivity index (χ3n) is 5.66. The molecule has 0 amide bonds. The van der Waals surface area contributed by atoms with Gasteiger partial charge in [0.2, 0.25) is 12.4 Å². The number of nitrogens with zero attached hydrogens (tertiary/aromatic N) is 5. The highest BCUT2D eigenvalue weighted by Crippen LogP contribution is 2.44. The Bertz CT molecular complexity index is 1170. The van der Waals surface area contributed by atoms with Crippen LogP contribution < -0.4 is 5.32 Å². The highest BCUT2D eigenvalue weighted by atomic mass is 19.4. The maximum atomic E-state index is 13.2. The molecule has 0 aliphatic carbocycles. The van der Waals surface area contributed by atoms with Crippen LogP contribution in [0.1, 0.15) is 34.2 Å². The second kappa shape index (κ2) is 7.24. The van der Waals surface area contributed by atoms with E-state index in [4.69, 9.17) is 0 Å². The molecule has 4 rings (SSSR count). The monoisotopic (exact) mass is 440 g/mol. The molecule has 0 radical (unpaired) electrons. The fraction of sp³-hybridized carbons (Fsp3) is 0.400. The smallest absolute Gasteiger partial charge is 0.341 e. The fourth-order valence-electron chi connectivity index (χ4n) is 3.63. The maximum absolute atomic E-state index is 13.2. The van der Waals surface area contributed by atoms with Gasteiger partial charge in [0.25, 0.3) is 0 Å². The van der Waals surface area contributed by atoms with Gasteiger partial charge in [0.1, 0.15) is 6.04 Å². The molecule has 31 heavy (non-hydrogen) atoms. The quantitative estimate of drug-likeness (QED) is 0.538. The second-order valence-corrected chi connectivity index (χ2v) is 7.77. The fourth-order valence-corrected chi connectivity index (χ4v) is 3.63. The van der Waals surface area contributed by atoms with E-state index in [9.17, 15) is 22.0 Å². The Labute approximate surface area is 175 Å². The van der Waals surface area contributed by atoms with Crippen molar-refractivity contribution in [3.63, 3.8) is 0 Å². The van der Waals surface area contributed by atoms with Gasteiger partial charge in [-0.2, -0.15) is 13.2 Å². The molecule has 3 aromatic heterocycles. The molecule has 4 heterocycles. The molecule has 0 saturated carbocycles. The van der Waals surface area contributed by atoms with Crippen LogP contribution in [0.5, 0.6) is 0 Å². The predicted molar refractivity (Wildman–Crippen MR) is 108 cm³/mol. The summed E-state index contributed by atoms with van der Waals surface area (Å²) in [5, 5.41) is 6.30. The number of aliphatic imine (C=N–C) groups is 1. The Hall–Kier alpha value is -3.11. The lowest BCUT2D eigenvalue weighted by molar-refractivity contribution is -0.138. The topological polar surface area (TPSA) is 67.5 Å². The number of rotatable bonds is 5. The summed E-state index contributed by atoms with van der Waals surface area (Å²) in [6, 6.07) is 1.69. The largest absolute Gasteiger partial charge is 0.408 e. The summed E-state index contributed by atoms with van der Waals surface area (Å²) in [4.78, 5) is 12.7. The van der Waals surface area contributed by atoms with Crippen LogP contribution in [0.25, 0.3) is 16.6 Å². The average Bonchev–Trinajstić information content (AvgIpc) is 3.19. The minimum atomic E-state index is -4.43. The van der Waals surface area contributed by atoms with Crippen molar-refractivity contribution in [3.8, 4) is 11.1 Å². The van der Waals surface area contributed by atoms with Crippen molar-refractivity contribution in [2.45, 2.75) is 51.3 Å². The van der Waals surface area contributed by atoms with Crippen LogP contribution in [0.3, 0.4) is 0 Å². The van der Waals surface area contributed by atoms with E-state index >= 15 is 0 Å². The first kappa shape index (κ1) is 21.1. The van der Waals surface area contributed by atoms with Crippen molar-refractivity contribution in [1.82, 2.24) is 19.6 Å². The molecule has 1 aliphatic heterocycles. The van der Waals surface area contributed by atoms with Crippen LogP contribution >= 0.6 is 0 Å². The van der Waals surface area contributed by atoms with Crippen LogP contribution in [0, 0.1) is 0 Å². The SMILES string of the molecule is CC1=Nc2ncc(-c3ccn4nc(N[C@H](C)C(F)(F)F)ncc34)cc2C1(C)CC(F)F.[HH]. The summed E-state index contributed by atoms with van der Waals surface area (Å²) in [6.07, 6.45) is -2.73. The number of nitrogens with one attached hydrogen (secondary N) is 1. The van der Waals surface area contributed by atoms with Crippen LogP contribution in [-0.4, -0.2) is 43.9 Å². The van der Waals surface area contributed by atoms with Gasteiger partial charge in [-0.3, -0.25) is 0 Å². The van der Waals surface area contributed by atoms with Gasteiger partial charge in [-0.05, 0) is 32.9 Å². The zero-order valence-corrected chi connectivity index (χ0v) is 16.9. The number of anilines is 1. The van der Waals surface area contributed by atoms with Crippen molar-refractivity contribution in [2.24, 2.45) is 4.99 Å². The minimum Gasteiger partial charge on any atom is -0.341 e. The number of alkyl halides is 5. The standard InChI is InChI=1S/C20H19F5N6.H2/c1-10-19(3,7-16(21)22)14-6-12(8-26-17(14)28-10)13-4-5-31-15(13)9-27-18(30-31)29-11(2)20(23,24)25;/h4-6,8-9,11,16H,7H2,1-3H3,(H,29,30);1H/t11-,19?;/m1./s1. The Kier molecular flexibility index (Phi) is 4.94. The molecule has 1 aliphatic rings. The molecule has 3 aromatic rings. The molecule has 6 nitrogen and oxygen atoms in total. The first-order chi connectivity index (χ1) is 14.5. The lowest BCUT2D eigenvalue weighted by atomic mass is 9.77. The van der Waals surface area contributed by atoms with Gasteiger partial charge in [0, 0.05) is 48.1 Å². The lowest BCUT2D eigenvalue weighted by Crippen LogP contribution is -2.33. The molecule has 0 fully saturated rings. The van der Waals surface area contributed by atoms with Crippen LogP contribution in [0.15, 0.2) is 35.7 Å². The van der Waals surface area contributed by atoms with Crippen molar-refractivity contribution in [3.05, 3.63) is 36.3 Å². The molecule has 1 N–H and O–H groups in total. The second-order valence-electron chi connectivity index (χ2n) is 7.77. The van der Waals surface area contributed by atoms with Crippen molar-refractivity contribution < 1.29 is 23.4 Å². The zero-order chi connectivity index (χ0) is 22.6. The first-order valence-corrected chi connectivity index (χ1v) is 9.51. The molecule has 1 unspecified atom stereocenters. The Balaban J connectivity index is 0.00000289. The third-order valence-corrected chi connectivity index (χ3v) is 5.66. The number of hydrogen-bond donors (Lipinski definition) is 1. The molecular weight excluding hydrogens is 419 g/mol. The lowest BCUT2D eigenvalue weighted by Gasteiger charge is -2.25. The summed E-state index contributed by atoms with van der Waals surface area (Å²) in [5.41, 5.74) is 2.13. The maximum Gasteiger partial charge on any atom is 0.408 e. The molecule has 166 valence electrons. The number of pyridine rings is 1. The number of halogens is 5. The summed E-state index contributed by atoms with van der Waals surface area (Å²) in [5.74, 6) is 0.247. The van der Waals surface area contributed by atoms with Crippen LogP contribution in [0.4, 0.5) is 33.7 Å². The molecule has 0 aromatic carbocycles. The Morgan fingerprint density at radius 1 is 1.23 bits per heavy atom. The zero-order valence-electron chi connectivity index (χ0n) is 16.9. The van der Waals surface area contributed by atoms with E-state index in [0.29, 0.717) is 33.7 Å². The van der Waals surface area contributed by atoms with Gasteiger partial charge in [0.05, 0.1) is 11.7 Å². The van der Waals surface area contributed by atoms with Gasteiger partial charge >= 0.3 is 6.18 Å². The predicted octanol–water partition coefficient (Wildman–Crippen LogP) is 5.42. The van der Waals surface area contributed by atoms with E-state index < -0.39 is 24.1 Å². The molecular formula is C20H21F5N6. The molecule has 0 spiro atoms. The Morgan fingerprint density at radius 3 is 2.65 bits per heavy atom. The van der Waals surface area contributed by atoms with E-state index in [1.54, 1.807) is 38.4 Å². The van der Waals surface area contributed by atoms with Crippen LogP contribution in [0.2, 0.25) is 0 Å². The summed E-state index contributed by atoms with van der Waals surface area (Å²) in [7, 11) is 0. The molecule has 11 heteroatoms. The van der Waals surface area contributed by atoms with E-state index in [2.05, 4.69) is 25.4 Å². The van der Waals surface area contributed by atoms with Gasteiger partial charge in [-0.1, -0.05) is 0 Å². The molecule has 0 bridgehead atoms. The highest BCUT2D eigenvalue weighted by Gasteiger charge is 2.40. The van der Waals surface area contributed by atoms with Crippen molar-refractivity contribution in [1.29, 1.82) is 0 Å². The van der Waals surface area contributed by atoms with Crippen molar-refractivity contribution >= 4 is 23.0 Å². The van der Waals surface area contributed by atoms with Crippen molar-refractivity contribution in [2.75, 3.05) is 5.32 Å². The Morgan fingerprint density at radius 2 is 1.97 bits per heavy atom. The van der Waals surface area contributed by atoms with E-state index in [-0.39, 0.29) is 13.8 Å². The summed E-state index contributed by atoms with van der Waals surface area (Å²) >= 11 is 0. The summed E-state index contributed by atoms with van der Waals surface area (Å²) < 4.78 is 66.1. The summed E-state index contributed by atoms with van der Waals surface area (Å²) in [6.45, 7) is 4.41. The van der Waals surface area contributed by atoms with Gasteiger partial charge in [0.15, 0.2) is 5.82 Å². The molecule has 2 atom stereocenters. The highest BCUT2D eigenvalue weighted by molar-refractivity contribution is 5.99. The van der Waals surface area contributed by atoms with E-state index in [1.807, 2.05) is 0 Å². The first-order valence-electron chi connectivity index (χ1n) is 9.51. The number of aromatic nitrogens is 4. The minimum absolute atomic E-state index is 0. The molecule has 0 saturated heterocycles. The average molecular weight is 440 g/mol.